The van der Waals surface area contributed by atoms with Gasteiger partial charge in [-0.25, -0.2) is 9.37 Å². The van der Waals surface area contributed by atoms with Gasteiger partial charge in [-0.1, -0.05) is 24.3 Å². The number of nitrogen functional groups attached to an aromatic ring is 1. The van der Waals surface area contributed by atoms with Gasteiger partial charge in [-0.2, -0.15) is 0 Å². The number of hydrogen-bond acceptors (Lipinski definition) is 3. The minimum Gasteiger partial charge on any atom is -0.396 e. The van der Waals surface area contributed by atoms with E-state index in [-0.39, 0.29) is 17.8 Å². The van der Waals surface area contributed by atoms with E-state index >= 15 is 0 Å². The van der Waals surface area contributed by atoms with Crippen LogP contribution in [0.3, 0.4) is 0 Å². The van der Waals surface area contributed by atoms with Gasteiger partial charge in [0.2, 0.25) is 0 Å². The Kier molecular flexibility index (Phi) is 2.95. The molecule has 3 aromatic rings. The van der Waals surface area contributed by atoms with Crippen molar-refractivity contribution in [3.8, 4) is 0 Å². The molecule has 1 heterocycles. The molecule has 2 N–H and O–H groups in total. The summed E-state index contributed by atoms with van der Waals surface area (Å²) in [7, 11) is 0. The first-order valence-electron chi connectivity index (χ1n) is 6.14. The van der Waals surface area contributed by atoms with Crippen molar-refractivity contribution in [1.29, 1.82) is 0 Å². The summed E-state index contributed by atoms with van der Waals surface area (Å²) in [6.07, 6.45) is 1.42. The number of nitrogens with two attached hydrogens (primary N) is 1. The number of para-hydroxylation sites is 1. The molecule has 0 radical (unpaired) electrons. The Morgan fingerprint density at radius 1 is 1.15 bits per heavy atom. The molecule has 0 saturated carbocycles. The standard InChI is InChI=1S/C15H12FN3O/c16-14-10(4-3-6-12(14)17)8-19-9-18-13-7-2-1-5-11(13)15(19)20/h1-7,9H,8,17H2. The summed E-state index contributed by atoms with van der Waals surface area (Å²) < 4.78 is 15.2. The smallest absolute Gasteiger partial charge is 0.261 e. The lowest BCUT2D eigenvalue weighted by molar-refractivity contribution is 0.599. The lowest BCUT2D eigenvalue weighted by atomic mass is 10.2. The van der Waals surface area contributed by atoms with Crippen molar-refractivity contribution in [3.63, 3.8) is 0 Å². The van der Waals surface area contributed by atoms with Crippen LogP contribution >= 0.6 is 0 Å². The summed E-state index contributed by atoms with van der Waals surface area (Å²) in [5.74, 6) is -0.493. The Bertz CT molecular complexity index is 842. The van der Waals surface area contributed by atoms with Crippen LogP contribution < -0.4 is 11.3 Å². The van der Waals surface area contributed by atoms with E-state index in [1.807, 2.05) is 6.07 Å². The van der Waals surface area contributed by atoms with E-state index in [2.05, 4.69) is 4.98 Å². The highest BCUT2D eigenvalue weighted by atomic mass is 19.1. The first kappa shape index (κ1) is 12.3. The molecule has 0 spiro atoms. The zero-order chi connectivity index (χ0) is 14.1. The van der Waals surface area contributed by atoms with E-state index in [1.54, 1.807) is 30.3 Å². The van der Waals surface area contributed by atoms with Gasteiger partial charge in [0.25, 0.3) is 5.56 Å². The lowest BCUT2D eigenvalue weighted by Gasteiger charge is -2.08. The topological polar surface area (TPSA) is 60.9 Å². The second-order valence-electron chi connectivity index (χ2n) is 4.52. The van der Waals surface area contributed by atoms with Crippen LogP contribution in [0.1, 0.15) is 5.56 Å². The van der Waals surface area contributed by atoms with Gasteiger partial charge in [0.1, 0.15) is 0 Å². The number of benzene rings is 2. The maximum atomic E-state index is 13.9. The Hall–Kier alpha value is -2.69. The SMILES string of the molecule is Nc1cccc(Cn2cnc3ccccc3c2=O)c1F. The summed E-state index contributed by atoms with van der Waals surface area (Å²) in [6.45, 7) is 0.105. The highest BCUT2D eigenvalue weighted by Gasteiger charge is 2.08. The van der Waals surface area contributed by atoms with Gasteiger partial charge in [0.05, 0.1) is 29.5 Å². The number of halogens is 1. The van der Waals surface area contributed by atoms with E-state index in [0.717, 1.165) is 0 Å². The summed E-state index contributed by atoms with van der Waals surface area (Å²) >= 11 is 0. The van der Waals surface area contributed by atoms with Crippen molar-refractivity contribution in [1.82, 2.24) is 9.55 Å². The third kappa shape index (κ3) is 2.03. The van der Waals surface area contributed by atoms with Crippen LogP contribution in [-0.2, 0) is 6.54 Å². The fourth-order valence-corrected chi connectivity index (χ4v) is 2.12. The number of anilines is 1. The molecular formula is C15H12FN3O. The third-order valence-electron chi connectivity index (χ3n) is 3.18. The number of fused-ring (bicyclic) bond motifs is 1. The predicted molar refractivity (Wildman–Crippen MR) is 75.9 cm³/mol. The molecule has 2 aromatic carbocycles. The lowest BCUT2D eigenvalue weighted by Crippen LogP contribution is -2.21. The number of nitrogens with zero attached hydrogens (tertiary/aromatic N) is 2. The molecule has 0 aliphatic rings. The van der Waals surface area contributed by atoms with Crippen molar-refractivity contribution >= 4 is 16.6 Å². The fourth-order valence-electron chi connectivity index (χ4n) is 2.12. The van der Waals surface area contributed by atoms with E-state index in [4.69, 9.17) is 5.73 Å². The first-order valence-corrected chi connectivity index (χ1v) is 6.14. The van der Waals surface area contributed by atoms with Gasteiger partial charge in [0.15, 0.2) is 5.82 Å². The van der Waals surface area contributed by atoms with E-state index in [9.17, 15) is 9.18 Å². The summed E-state index contributed by atoms with van der Waals surface area (Å²) in [4.78, 5) is 16.5. The van der Waals surface area contributed by atoms with Crippen LogP contribution in [0, 0.1) is 5.82 Å². The van der Waals surface area contributed by atoms with E-state index < -0.39 is 5.82 Å². The predicted octanol–water partition coefficient (Wildman–Crippen LogP) is 2.17. The third-order valence-corrected chi connectivity index (χ3v) is 3.18. The number of hydrogen-bond donors (Lipinski definition) is 1. The number of aromatic nitrogens is 2. The summed E-state index contributed by atoms with van der Waals surface area (Å²) in [5.41, 5.74) is 6.39. The van der Waals surface area contributed by atoms with Gasteiger partial charge >= 0.3 is 0 Å². The second kappa shape index (κ2) is 4.77. The second-order valence-corrected chi connectivity index (χ2v) is 4.52. The van der Waals surface area contributed by atoms with Gasteiger partial charge in [-0.05, 0) is 18.2 Å². The summed E-state index contributed by atoms with van der Waals surface area (Å²) in [5, 5.41) is 0.513. The van der Waals surface area contributed by atoms with Crippen molar-refractivity contribution in [2.24, 2.45) is 0 Å². The molecule has 0 aliphatic carbocycles. The average Bonchev–Trinajstić information content (AvgIpc) is 2.47. The largest absolute Gasteiger partial charge is 0.396 e. The Labute approximate surface area is 114 Å². The zero-order valence-corrected chi connectivity index (χ0v) is 10.6. The molecule has 100 valence electrons. The molecular weight excluding hydrogens is 257 g/mol. The van der Waals surface area contributed by atoms with Gasteiger partial charge in [0, 0.05) is 5.56 Å². The van der Waals surface area contributed by atoms with Crippen LogP contribution in [0.5, 0.6) is 0 Å². The molecule has 20 heavy (non-hydrogen) atoms. The summed E-state index contributed by atoms with van der Waals surface area (Å²) in [6, 6.07) is 11.8. The van der Waals surface area contributed by atoms with Gasteiger partial charge < -0.3 is 5.73 Å². The van der Waals surface area contributed by atoms with Crippen LogP contribution in [0.25, 0.3) is 10.9 Å². The molecule has 0 amide bonds. The van der Waals surface area contributed by atoms with Crippen LogP contribution in [-0.4, -0.2) is 9.55 Å². The maximum absolute atomic E-state index is 13.9. The molecule has 0 aliphatic heterocycles. The Balaban J connectivity index is 2.10. The Morgan fingerprint density at radius 2 is 1.95 bits per heavy atom. The monoisotopic (exact) mass is 269 g/mol. The fraction of sp³-hybridized carbons (Fsp3) is 0.0667. The van der Waals surface area contributed by atoms with Crippen molar-refractivity contribution in [3.05, 3.63) is 70.5 Å². The average molecular weight is 269 g/mol. The molecule has 4 nitrogen and oxygen atoms in total. The number of rotatable bonds is 2. The quantitative estimate of drug-likeness (QED) is 0.725. The molecule has 0 fully saturated rings. The van der Waals surface area contributed by atoms with Crippen LogP contribution in [0.15, 0.2) is 53.6 Å². The highest BCUT2D eigenvalue weighted by Crippen LogP contribution is 2.15. The molecule has 1 aromatic heterocycles. The minimum absolute atomic E-state index is 0.0734. The molecule has 0 bridgehead atoms. The highest BCUT2D eigenvalue weighted by molar-refractivity contribution is 5.76. The minimum atomic E-state index is -0.493. The molecule has 5 heteroatoms. The normalized spacial score (nSPS) is 10.8. The Morgan fingerprint density at radius 3 is 2.80 bits per heavy atom. The van der Waals surface area contributed by atoms with Crippen molar-refractivity contribution in [2.75, 3.05) is 5.73 Å². The van der Waals surface area contributed by atoms with E-state index in [0.29, 0.717) is 16.5 Å². The molecule has 3 rings (SSSR count). The van der Waals surface area contributed by atoms with Crippen molar-refractivity contribution in [2.45, 2.75) is 6.54 Å². The molecule has 0 atom stereocenters. The molecule has 0 unspecified atom stereocenters. The first-order chi connectivity index (χ1) is 9.66. The van der Waals surface area contributed by atoms with Crippen LogP contribution in [0.2, 0.25) is 0 Å². The maximum Gasteiger partial charge on any atom is 0.261 e. The zero-order valence-electron chi connectivity index (χ0n) is 10.6. The van der Waals surface area contributed by atoms with E-state index in [1.165, 1.54) is 17.0 Å². The molecule has 0 saturated heterocycles. The van der Waals surface area contributed by atoms with Gasteiger partial charge in [-0.3, -0.25) is 9.36 Å². The van der Waals surface area contributed by atoms with Crippen LogP contribution in [0.4, 0.5) is 10.1 Å². The van der Waals surface area contributed by atoms with Crippen molar-refractivity contribution < 1.29 is 4.39 Å². The van der Waals surface area contributed by atoms with Gasteiger partial charge in [-0.15, -0.1) is 0 Å².